The SMILES string of the molecule is COc1cc(C)cc(C2NCCc3cc(OC)c(OCCN(C)C)cc32)c1. The first kappa shape index (κ1) is 19.5. The summed E-state index contributed by atoms with van der Waals surface area (Å²) in [6, 6.07) is 10.8. The van der Waals surface area contributed by atoms with E-state index in [1.54, 1.807) is 14.2 Å². The molecule has 0 spiro atoms. The first-order valence-electron chi connectivity index (χ1n) is 9.39. The molecule has 1 atom stereocenters. The van der Waals surface area contributed by atoms with Gasteiger partial charge < -0.3 is 24.4 Å². The molecule has 0 saturated carbocycles. The minimum Gasteiger partial charge on any atom is -0.497 e. The molecule has 1 unspecified atom stereocenters. The predicted molar refractivity (Wildman–Crippen MR) is 108 cm³/mol. The van der Waals surface area contributed by atoms with Crippen molar-refractivity contribution in [3.8, 4) is 17.2 Å². The molecule has 1 aliphatic heterocycles. The number of likely N-dealkylation sites (N-methyl/N-ethyl adjacent to an activating group) is 1. The van der Waals surface area contributed by atoms with Crippen LogP contribution in [0.1, 0.15) is 28.3 Å². The van der Waals surface area contributed by atoms with E-state index in [9.17, 15) is 0 Å². The highest BCUT2D eigenvalue weighted by atomic mass is 16.5. The van der Waals surface area contributed by atoms with Gasteiger partial charge in [0.1, 0.15) is 12.4 Å². The number of benzene rings is 2. The number of aryl methyl sites for hydroxylation is 1. The van der Waals surface area contributed by atoms with E-state index in [1.165, 1.54) is 22.3 Å². The summed E-state index contributed by atoms with van der Waals surface area (Å²) >= 11 is 0. The molecule has 1 N–H and O–H groups in total. The van der Waals surface area contributed by atoms with Crippen LogP contribution in [-0.2, 0) is 6.42 Å². The van der Waals surface area contributed by atoms with Crippen molar-refractivity contribution in [2.24, 2.45) is 0 Å². The van der Waals surface area contributed by atoms with Crippen molar-refractivity contribution in [2.75, 3.05) is 48.0 Å². The summed E-state index contributed by atoms with van der Waals surface area (Å²) in [5, 5.41) is 3.65. The quantitative estimate of drug-likeness (QED) is 0.811. The molecule has 0 saturated heterocycles. The van der Waals surface area contributed by atoms with Crippen LogP contribution in [0.4, 0.5) is 0 Å². The summed E-state index contributed by atoms with van der Waals surface area (Å²) in [5.74, 6) is 2.48. The molecule has 0 fully saturated rings. The topological polar surface area (TPSA) is 43.0 Å². The Hall–Kier alpha value is -2.24. The zero-order valence-corrected chi connectivity index (χ0v) is 17.0. The highest BCUT2D eigenvalue weighted by molar-refractivity contribution is 5.52. The Morgan fingerprint density at radius 2 is 1.85 bits per heavy atom. The van der Waals surface area contributed by atoms with E-state index < -0.39 is 0 Å². The first-order valence-corrected chi connectivity index (χ1v) is 9.39. The lowest BCUT2D eigenvalue weighted by atomic mass is 9.88. The van der Waals surface area contributed by atoms with Crippen LogP contribution in [0.15, 0.2) is 30.3 Å². The van der Waals surface area contributed by atoms with Gasteiger partial charge in [0.15, 0.2) is 11.5 Å². The average molecular weight is 370 g/mol. The maximum Gasteiger partial charge on any atom is 0.161 e. The van der Waals surface area contributed by atoms with Gasteiger partial charge in [-0.15, -0.1) is 0 Å². The Bertz CT molecular complexity index is 789. The van der Waals surface area contributed by atoms with Crippen molar-refractivity contribution < 1.29 is 14.2 Å². The first-order chi connectivity index (χ1) is 13.0. The van der Waals surface area contributed by atoms with Crippen LogP contribution in [0.3, 0.4) is 0 Å². The standard InChI is InChI=1S/C22H30N2O3/c1-15-10-17(12-18(11-15)25-4)22-19-14-21(27-9-8-24(2)3)20(26-5)13-16(19)6-7-23-22/h10-14,22-23H,6-9H2,1-5H3. The van der Waals surface area contributed by atoms with E-state index in [0.717, 1.165) is 36.8 Å². The maximum atomic E-state index is 6.04. The molecule has 27 heavy (non-hydrogen) atoms. The van der Waals surface area contributed by atoms with E-state index >= 15 is 0 Å². The zero-order chi connectivity index (χ0) is 19.4. The molecule has 0 aliphatic carbocycles. The van der Waals surface area contributed by atoms with Crippen molar-refractivity contribution in [2.45, 2.75) is 19.4 Å². The van der Waals surface area contributed by atoms with E-state index in [-0.39, 0.29) is 6.04 Å². The molecule has 5 nitrogen and oxygen atoms in total. The molecule has 1 aliphatic rings. The number of nitrogens with zero attached hydrogens (tertiary/aromatic N) is 1. The second kappa shape index (κ2) is 8.63. The lowest BCUT2D eigenvalue weighted by Gasteiger charge is -2.29. The number of ether oxygens (including phenoxy) is 3. The molecule has 3 rings (SSSR count). The number of rotatable bonds is 7. The van der Waals surface area contributed by atoms with Gasteiger partial charge in [0.2, 0.25) is 0 Å². The maximum absolute atomic E-state index is 6.04. The Morgan fingerprint density at radius 3 is 2.56 bits per heavy atom. The lowest BCUT2D eigenvalue weighted by Crippen LogP contribution is -2.30. The average Bonchev–Trinajstić information content (AvgIpc) is 2.66. The van der Waals surface area contributed by atoms with E-state index in [0.29, 0.717) is 6.61 Å². The molecule has 0 amide bonds. The lowest BCUT2D eigenvalue weighted by molar-refractivity contribution is 0.250. The van der Waals surface area contributed by atoms with Crippen LogP contribution >= 0.6 is 0 Å². The van der Waals surface area contributed by atoms with Crippen LogP contribution < -0.4 is 19.5 Å². The molecular weight excluding hydrogens is 340 g/mol. The van der Waals surface area contributed by atoms with Crippen molar-refractivity contribution in [3.63, 3.8) is 0 Å². The van der Waals surface area contributed by atoms with Gasteiger partial charge in [-0.1, -0.05) is 6.07 Å². The minimum absolute atomic E-state index is 0.115. The van der Waals surface area contributed by atoms with Crippen LogP contribution in [0.2, 0.25) is 0 Å². The summed E-state index contributed by atoms with van der Waals surface area (Å²) in [7, 11) is 7.49. The van der Waals surface area contributed by atoms with Gasteiger partial charge >= 0.3 is 0 Å². The molecule has 146 valence electrons. The van der Waals surface area contributed by atoms with Crippen LogP contribution in [0.25, 0.3) is 0 Å². The fourth-order valence-corrected chi connectivity index (χ4v) is 3.53. The smallest absolute Gasteiger partial charge is 0.161 e. The molecule has 2 aromatic rings. The fourth-order valence-electron chi connectivity index (χ4n) is 3.53. The molecular formula is C22H30N2O3. The van der Waals surface area contributed by atoms with Crippen molar-refractivity contribution in [1.29, 1.82) is 0 Å². The van der Waals surface area contributed by atoms with Gasteiger partial charge in [0, 0.05) is 13.1 Å². The summed E-state index contributed by atoms with van der Waals surface area (Å²) in [6.07, 6.45) is 0.975. The predicted octanol–water partition coefficient (Wildman–Crippen LogP) is 3.19. The normalized spacial score (nSPS) is 16.1. The largest absolute Gasteiger partial charge is 0.497 e. The number of fused-ring (bicyclic) bond motifs is 1. The minimum atomic E-state index is 0.115. The Kier molecular flexibility index (Phi) is 6.24. The highest BCUT2D eigenvalue weighted by Gasteiger charge is 2.24. The second-order valence-electron chi connectivity index (χ2n) is 7.27. The number of methoxy groups -OCH3 is 2. The summed E-state index contributed by atoms with van der Waals surface area (Å²) in [5.41, 5.74) is 4.94. The van der Waals surface area contributed by atoms with Crippen LogP contribution in [0, 0.1) is 6.92 Å². The molecule has 0 radical (unpaired) electrons. The van der Waals surface area contributed by atoms with Crippen molar-refractivity contribution in [1.82, 2.24) is 10.2 Å². The van der Waals surface area contributed by atoms with Crippen molar-refractivity contribution >= 4 is 0 Å². The molecule has 0 aromatic heterocycles. The van der Waals surface area contributed by atoms with Crippen LogP contribution in [0.5, 0.6) is 17.2 Å². The van der Waals surface area contributed by atoms with Gasteiger partial charge in [0.25, 0.3) is 0 Å². The van der Waals surface area contributed by atoms with Gasteiger partial charge in [-0.3, -0.25) is 0 Å². The Balaban J connectivity index is 1.97. The summed E-state index contributed by atoms with van der Waals surface area (Å²) in [6.45, 7) is 4.51. The van der Waals surface area contributed by atoms with E-state index in [2.05, 4.69) is 47.5 Å². The molecule has 1 heterocycles. The van der Waals surface area contributed by atoms with Crippen LogP contribution in [-0.4, -0.2) is 52.9 Å². The molecule has 2 aromatic carbocycles. The summed E-state index contributed by atoms with van der Waals surface area (Å²) < 4.78 is 17.1. The van der Waals surface area contributed by atoms with E-state index in [1.807, 2.05) is 14.1 Å². The second-order valence-corrected chi connectivity index (χ2v) is 7.27. The fraction of sp³-hybridized carbons (Fsp3) is 0.455. The molecule has 0 bridgehead atoms. The van der Waals surface area contributed by atoms with Gasteiger partial charge in [0.05, 0.1) is 20.3 Å². The third-order valence-corrected chi connectivity index (χ3v) is 4.92. The monoisotopic (exact) mass is 370 g/mol. The Morgan fingerprint density at radius 1 is 1.04 bits per heavy atom. The third kappa shape index (κ3) is 4.54. The number of nitrogens with one attached hydrogen (secondary N) is 1. The van der Waals surface area contributed by atoms with Gasteiger partial charge in [-0.05, 0) is 74.0 Å². The highest BCUT2D eigenvalue weighted by Crippen LogP contribution is 2.38. The molecule has 5 heteroatoms. The van der Waals surface area contributed by atoms with Gasteiger partial charge in [-0.25, -0.2) is 0 Å². The number of hydrogen-bond donors (Lipinski definition) is 1. The third-order valence-electron chi connectivity index (χ3n) is 4.92. The Labute approximate surface area is 162 Å². The van der Waals surface area contributed by atoms with Gasteiger partial charge in [-0.2, -0.15) is 0 Å². The van der Waals surface area contributed by atoms with E-state index in [4.69, 9.17) is 14.2 Å². The number of hydrogen-bond acceptors (Lipinski definition) is 5. The van der Waals surface area contributed by atoms with Crippen molar-refractivity contribution in [3.05, 3.63) is 52.6 Å². The zero-order valence-electron chi connectivity index (χ0n) is 17.0. The summed E-state index contributed by atoms with van der Waals surface area (Å²) in [4.78, 5) is 2.11.